The topological polar surface area (TPSA) is 87.9 Å². The Morgan fingerprint density at radius 2 is 2.10 bits per heavy atom. The van der Waals surface area contributed by atoms with Crippen molar-refractivity contribution in [1.82, 2.24) is 25.2 Å². The third-order valence-electron chi connectivity index (χ3n) is 5.44. The van der Waals surface area contributed by atoms with Crippen LogP contribution >= 0.6 is 0 Å². The number of pyridine rings is 1. The molecular weight excluding hydrogens is 399 g/mol. The van der Waals surface area contributed by atoms with Gasteiger partial charge in [-0.05, 0) is 37.8 Å². The summed E-state index contributed by atoms with van der Waals surface area (Å²) in [4.78, 5) is 18.6. The van der Waals surface area contributed by atoms with Gasteiger partial charge in [-0.1, -0.05) is 19.0 Å². The van der Waals surface area contributed by atoms with Gasteiger partial charge in [0.25, 0.3) is 11.6 Å². The molecule has 0 unspecified atom stereocenters. The fraction of sp³-hybridized carbons (Fsp3) is 0.500. The van der Waals surface area contributed by atoms with E-state index in [4.69, 9.17) is 4.52 Å². The average molecular weight is 421 g/mol. The number of nitrogens with zero attached hydrogens (tertiary/aromatic N) is 4. The molecule has 160 valence electrons. The first-order valence-electron chi connectivity index (χ1n) is 9.84. The number of aromatic nitrogens is 4. The van der Waals surface area contributed by atoms with Crippen molar-refractivity contribution < 1.29 is 22.5 Å². The van der Waals surface area contributed by atoms with Gasteiger partial charge in [-0.3, -0.25) is 9.89 Å². The van der Waals surface area contributed by atoms with Crippen molar-refractivity contribution >= 4 is 17.0 Å². The van der Waals surface area contributed by atoms with Crippen LogP contribution in [0.4, 0.5) is 13.2 Å². The van der Waals surface area contributed by atoms with Crippen molar-refractivity contribution in [3.05, 3.63) is 40.5 Å². The minimum Gasteiger partial charge on any atom is -0.337 e. The van der Waals surface area contributed by atoms with Crippen LogP contribution in [0.5, 0.6) is 0 Å². The Morgan fingerprint density at radius 3 is 2.77 bits per heavy atom. The van der Waals surface area contributed by atoms with Gasteiger partial charge in [-0.2, -0.15) is 18.3 Å². The lowest BCUT2D eigenvalue weighted by Gasteiger charge is -2.31. The van der Waals surface area contributed by atoms with Crippen LogP contribution in [0.1, 0.15) is 71.7 Å². The van der Waals surface area contributed by atoms with Gasteiger partial charge >= 0.3 is 6.18 Å². The smallest absolute Gasteiger partial charge is 0.337 e. The number of carbonyl (C=O) groups excluding carboxylic acids is 1. The van der Waals surface area contributed by atoms with Gasteiger partial charge in [0.15, 0.2) is 0 Å². The molecule has 4 heterocycles. The standard InChI is InChI=1S/C20H22F3N5O2/c1-10(2)14-8-15(26-25-14)19(29)28-6-4-5-12(9-28)17-16-13(20(21,22)23)7-11(3)24-18(16)30-27-17/h7-8,10,12H,4-6,9H2,1-3H3,(H,25,26)/t12-/m1/s1. The summed E-state index contributed by atoms with van der Waals surface area (Å²) >= 11 is 0. The van der Waals surface area contributed by atoms with E-state index < -0.39 is 11.7 Å². The Hall–Kier alpha value is -2.91. The SMILES string of the molecule is Cc1cc(C(F)(F)F)c2c([C@@H]3CCCN(C(=O)c4cc(C(C)C)[nH]n4)C3)noc2n1. The first kappa shape index (κ1) is 20.4. The molecule has 0 spiro atoms. The van der Waals surface area contributed by atoms with Crippen LogP contribution in [-0.2, 0) is 6.18 Å². The Labute approximate surface area is 170 Å². The minimum absolute atomic E-state index is 0.116. The second kappa shape index (κ2) is 7.41. The van der Waals surface area contributed by atoms with Gasteiger partial charge in [-0.25, -0.2) is 4.98 Å². The number of halogens is 3. The summed E-state index contributed by atoms with van der Waals surface area (Å²) in [7, 11) is 0. The predicted molar refractivity (Wildman–Crippen MR) is 102 cm³/mol. The van der Waals surface area contributed by atoms with E-state index in [1.54, 1.807) is 11.0 Å². The van der Waals surface area contributed by atoms with E-state index >= 15 is 0 Å². The first-order chi connectivity index (χ1) is 14.1. The normalized spacial score (nSPS) is 17.8. The second-order valence-electron chi connectivity index (χ2n) is 8.01. The molecule has 0 aliphatic carbocycles. The number of hydrogen-bond donors (Lipinski definition) is 1. The van der Waals surface area contributed by atoms with Crippen molar-refractivity contribution in [2.24, 2.45) is 0 Å². The number of amides is 1. The average Bonchev–Trinajstić information content (AvgIpc) is 3.33. The highest BCUT2D eigenvalue weighted by atomic mass is 19.4. The quantitative estimate of drug-likeness (QED) is 0.677. The highest BCUT2D eigenvalue weighted by molar-refractivity contribution is 5.92. The zero-order chi connectivity index (χ0) is 21.6. The Balaban J connectivity index is 1.65. The molecule has 10 heteroatoms. The van der Waals surface area contributed by atoms with Crippen molar-refractivity contribution in [3.8, 4) is 0 Å². The van der Waals surface area contributed by atoms with Crippen LogP contribution in [0.2, 0.25) is 0 Å². The molecule has 1 fully saturated rings. The third kappa shape index (κ3) is 3.66. The number of carbonyl (C=O) groups is 1. The van der Waals surface area contributed by atoms with E-state index in [2.05, 4.69) is 20.3 Å². The van der Waals surface area contributed by atoms with Gasteiger partial charge in [0, 0.05) is 30.4 Å². The lowest BCUT2D eigenvalue weighted by Crippen LogP contribution is -2.39. The number of likely N-dealkylation sites (tertiary alicyclic amines) is 1. The number of hydrogen-bond acceptors (Lipinski definition) is 5. The summed E-state index contributed by atoms with van der Waals surface area (Å²) in [5.41, 5.74) is 0.626. The number of aryl methyl sites for hydroxylation is 1. The van der Waals surface area contributed by atoms with Crippen LogP contribution in [0.25, 0.3) is 11.1 Å². The van der Waals surface area contributed by atoms with Crippen LogP contribution in [0.3, 0.4) is 0 Å². The third-order valence-corrected chi connectivity index (χ3v) is 5.44. The molecular formula is C20H22F3N5O2. The summed E-state index contributed by atoms with van der Waals surface area (Å²) in [6.07, 6.45) is -3.31. The Kier molecular flexibility index (Phi) is 5.03. The van der Waals surface area contributed by atoms with Gasteiger partial charge in [0.1, 0.15) is 5.69 Å². The van der Waals surface area contributed by atoms with Crippen LogP contribution in [0.15, 0.2) is 16.7 Å². The largest absolute Gasteiger partial charge is 0.417 e. The van der Waals surface area contributed by atoms with Gasteiger partial charge < -0.3 is 9.42 Å². The predicted octanol–water partition coefficient (Wildman–Crippen LogP) is 4.42. The molecule has 1 amide bonds. The van der Waals surface area contributed by atoms with E-state index in [1.807, 2.05) is 13.8 Å². The molecule has 0 saturated carbocycles. The molecule has 3 aromatic heterocycles. The van der Waals surface area contributed by atoms with E-state index in [0.717, 1.165) is 11.8 Å². The molecule has 3 aromatic rings. The zero-order valence-corrected chi connectivity index (χ0v) is 16.9. The Bertz CT molecular complexity index is 1090. The number of alkyl halides is 3. The molecule has 0 bridgehead atoms. The van der Waals surface area contributed by atoms with E-state index in [1.165, 1.54) is 6.92 Å². The summed E-state index contributed by atoms with van der Waals surface area (Å²) in [6.45, 7) is 6.21. The number of rotatable bonds is 3. The highest BCUT2D eigenvalue weighted by Gasteiger charge is 2.38. The molecule has 0 aromatic carbocycles. The summed E-state index contributed by atoms with van der Waals surface area (Å²) in [5, 5.41) is 10.8. The number of aromatic amines is 1. The fourth-order valence-corrected chi connectivity index (χ4v) is 3.89. The lowest BCUT2D eigenvalue weighted by molar-refractivity contribution is -0.136. The number of fused-ring (bicyclic) bond motifs is 1. The zero-order valence-electron chi connectivity index (χ0n) is 16.9. The maximum absolute atomic E-state index is 13.6. The summed E-state index contributed by atoms with van der Waals surface area (Å²) < 4.78 is 46.1. The van der Waals surface area contributed by atoms with Gasteiger partial charge in [-0.15, -0.1) is 0 Å². The number of piperidine rings is 1. The first-order valence-corrected chi connectivity index (χ1v) is 9.84. The molecule has 4 rings (SSSR count). The molecule has 1 N–H and O–H groups in total. The molecule has 1 aliphatic rings. The highest BCUT2D eigenvalue weighted by Crippen LogP contribution is 2.40. The number of H-pyrrole nitrogens is 1. The van der Waals surface area contributed by atoms with Crippen LogP contribution < -0.4 is 0 Å². The van der Waals surface area contributed by atoms with Crippen molar-refractivity contribution in [3.63, 3.8) is 0 Å². The van der Waals surface area contributed by atoms with Crippen LogP contribution in [-0.4, -0.2) is 44.2 Å². The monoisotopic (exact) mass is 421 g/mol. The maximum atomic E-state index is 13.6. The van der Waals surface area contributed by atoms with E-state index in [9.17, 15) is 18.0 Å². The minimum atomic E-state index is -4.56. The van der Waals surface area contributed by atoms with E-state index in [-0.39, 0.29) is 46.8 Å². The van der Waals surface area contributed by atoms with E-state index in [0.29, 0.717) is 25.1 Å². The lowest BCUT2D eigenvalue weighted by atomic mass is 9.91. The van der Waals surface area contributed by atoms with Crippen LogP contribution in [0, 0.1) is 6.92 Å². The molecule has 1 atom stereocenters. The molecule has 7 nitrogen and oxygen atoms in total. The van der Waals surface area contributed by atoms with Crippen molar-refractivity contribution in [2.45, 2.75) is 51.6 Å². The molecule has 0 radical (unpaired) electrons. The molecule has 30 heavy (non-hydrogen) atoms. The van der Waals surface area contributed by atoms with Crippen molar-refractivity contribution in [2.75, 3.05) is 13.1 Å². The fourth-order valence-electron chi connectivity index (χ4n) is 3.89. The summed E-state index contributed by atoms with van der Waals surface area (Å²) in [6, 6.07) is 2.72. The van der Waals surface area contributed by atoms with Gasteiger partial charge in [0.05, 0.1) is 16.6 Å². The molecule has 1 aliphatic heterocycles. The Morgan fingerprint density at radius 1 is 1.33 bits per heavy atom. The summed E-state index contributed by atoms with van der Waals surface area (Å²) in [5.74, 6) is -0.426. The molecule has 1 saturated heterocycles. The second-order valence-corrected chi connectivity index (χ2v) is 8.01. The van der Waals surface area contributed by atoms with Gasteiger partial charge in [0.2, 0.25) is 0 Å². The number of nitrogens with one attached hydrogen (secondary N) is 1. The maximum Gasteiger partial charge on any atom is 0.417 e. The van der Waals surface area contributed by atoms with Crippen molar-refractivity contribution in [1.29, 1.82) is 0 Å².